The Labute approximate surface area is 405 Å². The van der Waals surface area contributed by atoms with E-state index in [4.69, 9.17) is 40.4 Å². The van der Waals surface area contributed by atoms with Gasteiger partial charge in [-0.1, -0.05) is 12.2 Å². The van der Waals surface area contributed by atoms with Gasteiger partial charge in [-0.15, -0.1) is 0 Å². The number of benzene rings is 2. The van der Waals surface area contributed by atoms with Gasteiger partial charge >= 0.3 is 0 Å². The minimum Gasteiger partial charge on any atom is -0.491 e. The van der Waals surface area contributed by atoms with E-state index in [-0.39, 0.29) is 0 Å². The Kier molecular flexibility index (Phi) is 13.4. The van der Waals surface area contributed by atoms with Crippen molar-refractivity contribution >= 4 is 55.4 Å². The van der Waals surface area contributed by atoms with Crippen molar-refractivity contribution in [2.45, 2.75) is 39.8 Å². The minimum atomic E-state index is -0.540. The Morgan fingerprint density at radius 1 is 0.600 bits per heavy atom. The molecule has 2 fully saturated rings. The average Bonchev–Trinajstić information content (AvgIpc) is 4.09. The van der Waals surface area contributed by atoms with E-state index in [9.17, 15) is 9.59 Å². The lowest BCUT2D eigenvalue weighted by atomic mass is 10.1. The number of nitrogens with zero attached hydrogens (tertiary/aromatic N) is 10. The van der Waals surface area contributed by atoms with Crippen LogP contribution in [-0.2, 0) is 36.7 Å². The van der Waals surface area contributed by atoms with Gasteiger partial charge in [0.15, 0.2) is 0 Å². The van der Waals surface area contributed by atoms with Gasteiger partial charge in [0.05, 0.1) is 95.9 Å². The normalized spacial score (nSPS) is 15.1. The van der Waals surface area contributed by atoms with Crippen LogP contribution in [0.3, 0.4) is 0 Å². The molecule has 18 nitrogen and oxygen atoms in total. The standard InChI is InChI=1S/C52H60N12O6/c1-33-23-45(59(3)57-33)41-29-43-39(31-55-41)37-25-35(51(53)65)27-47(69-17-7-9-61-13-19-67-20-14-61)49(37)63(43)11-5-6-12-64-44-30-42(46-24-34(2)58-60(46)4)56-32-40(44)38-26-36(52(54)66)28-48(50(38)64)70-18-8-10-62-15-21-68-22-16-62/h5-6,23-32H,7-22H2,1-4H3,(H2,53,65)(H2,54,66)/b6-5+. The zero-order chi connectivity index (χ0) is 48.5. The molecule has 2 amide bonds. The highest BCUT2D eigenvalue weighted by molar-refractivity contribution is 6.14. The number of amides is 2. The van der Waals surface area contributed by atoms with Crippen LogP contribution in [0.4, 0.5) is 0 Å². The largest absolute Gasteiger partial charge is 0.491 e. The maximum Gasteiger partial charge on any atom is 0.248 e. The van der Waals surface area contributed by atoms with E-state index in [0.717, 1.165) is 156 Å². The van der Waals surface area contributed by atoms with Crippen LogP contribution < -0.4 is 20.9 Å². The number of rotatable bonds is 18. The maximum absolute atomic E-state index is 12.9. The highest BCUT2D eigenvalue weighted by Crippen LogP contribution is 2.40. The van der Waals surface area contributed by atoms with E-state index < -0.39 is 11.8 Å². The number of carbonyl (C=O) groups excluding carboxylic acids is 2. The molecule has 2 aliphatic rings. The number of hydrogen-bond donors (Lipinski definition) is 2. The Morgan fingerprint density at radius 2 is 1.01 bits per heavy atom. The third kappa shape index (κ3) is 9.46. The smallest absolute Gasteiger partial charge is 0.248 e. The molecule has 0 spiro atoms. The van der Waals surface area contributed by atoms with E-state index in [0.29, 0.717) is 48.9 Å². The molecule has 0 radical (unpaired) electrons. The number of morpholine rings is 2. The van der Waals surface area contributed by atoms with E-state index >= 15 is 0 Å². The molecule has 0 unspecified atom stereocenters. The molecule has 70 heavy (non-hydrogen) atoms. The highest BCUT2D eigenvalue weighted by atomic mass is 16.5. The summed E-state index contributed by atoms with van der Waals surface area (Å²) < 4.78 is 32.5. The molecule has 8 heterocycles. The molecule has 364 valence electrons. The Balaban J connectivity index is 1.05. The first-order valence-corrected chi connectivity index (χ1v) is 24.0. The average molecular weight is 949 g/mol. The zero-order valence-electron chi connectivity index (χ0n) is 40.3. The molecule has 2 aliphatic heterocycles. The van der Waals surface area contributed by atoms with Gasteiger partial charge in [-0.3, -0.25) is 38.7 Å². The van der Waals surface area contributed by atoms with Crippen molar-refractivity contribution in [1.82, 2.24) is 48.5 Å². The van der Waals surface area contributed by atoms with Crippen LogP contribution in [0.2, 0.25) is 0 Å². The fourth-order valence-electron chi connectivity index (χ4n) is 9.99. The minimum absolute atomic E-state index is 0.358. The fraction of sp³-hybridized carbons (Fsp3) is 0.385. The fourth-order valence-corrected chi connectivity index (χ4v) is 9.99. The lowest BCUT2D eigenvalue weighted by molar-refractivity contribution is 0.0357. The van der Waals surface area contributed by atoms with Crippen molar-refractivity contribution in [2.24, 2.45) is 25.6 Å². The van der Waals surface area contributed by atoms with Gasteiger partial charge in [-0.2, -0.15) is 10.2 Å². The SMILES string of the molecule is Cc1cc(-c2cc3c(cn2)c2cc(C(N)=O)cc(OCCCN4CCOCC4)c2n3C/C=C/Cn2c3cc(-c4cc(C)nn4C)ncc3c3cc(C(N)=O)cc(OCCCN4CCOCC4)c32)n(C)n1. The number of allylic oxidation sites excluding steroid dienone is 2. The number of carbonyl (C=O) groups is 2. The predicted molar refractivity (Wildman–Crippen MR) is 269 cm³/mol. The molecule has 0 bridgehead atoms. The van der Waals surface area contributed by atoms with Crippen molar-refractivity contribution < 1.29 is 28.5 Å². The number of fused-ring (bicyclic) bond motifs is 6. The Morgan fingerprint density at radius 3 is 1.39 bits per heavy atom. The van der Waals surface area contributed by atoms with Crippen LogP contribution in [-0.4, -0.2) is 139 Å². The molecule has 8 aromatic rings. The molecule has 4 N–H and O–H groups in total. The Hall–Kier alpha value is -7.12. The molecule has 18 heteroatoms. The van der Waals surface area contributed by atoms with E-state index in [1.807, 2.05) is 74.0 Å². The summed E-state index contributed by atoms with van der Waals surface area (Å²) in [6, 6.07) is 15.4. The highest BCUT2D eigenvalue weighted by Gasteiger charge is 2.23. The number of ether oxygens (including phenoxy) is 4. The topological polar surface area (TPSA) is 201 Å². The molecule has 10 rings (SSSR count). The lowest BCUT2D eigenvalue weighted by Gasteiger charge is -2.26. The Bertz CT molecular complexity index is 3060. The summed E-state index contributed by atoms with van der Waals surface area (Å²) in [5.74, 6) is 0.0677. The third-order valence-corrected chi connectivity index (χ3v) is 13.4. The second-order valence-corrected chi connectivity index (χ2v) is 18.2. The van der Waals surface area contributed by atoms with E-state index in [1.54, 1.807) is 12.1 Å². The van der Waals surface area contributed by atoms with Gasteiger partial charge in [0, 0.05) is 112 Å². The summed E-state index contributed by atoms with van der Waals surface area (Å²) >= 11 is 0. The van der Waals surface area contributed by atoms with Crippen LogP contribution >= 0.6 is 0 Å². The second-order valence-electron chi connectivity index (χ2n) is 18.2. The molecule has 6 aromatic heterocycles. The quantitative estimate of drug-likeness (QED) is 0.0779. The summed E-state index contributed by atoms with van der Waals surface area (Å²) in [6.07, 6.45) is 9.59. The van der Waals surface area contributed by atoms with Crippen LogP contribution in [0.1, 0.15) is 44.9 Å². The van der Waals surface area contributed by atoms with Crippen molar-refractivity contribution in [1.29, 1.82) is 0 Å². The molecular weight excluding hydrogens is 889 g/mol. The van der Waals surface area contributed by atoms with Crippen LogP contribution in [0.15, 0.2) is 73.1 Å². The van der Waals surface area contributed by atoms with Gasteiger partial charge in [-0.25, -0.2) is 0 Å². The summed E-state index contributed by atoms with van der Waals surface area (Å²) in [5.41, 5.74) is 21.2. The van der Waals surface area contributed by atoms with Crippen LogP contribution in [0, 0.1) is 13.8 Å². The zero-order valence-corrected chi connectivity index (χ0v) is 40.3. The van der Waals surface area contributed by atoms with Crippen LogP contribution in [0.25, 0.3) is 66.4 Å². The first kappa shape index (κ1) is 46.6. The molecule has 2 saturated heterocycles. The number of nitrogens with two attached hydrogens (primary N) is 2. The van der Waals surface area contributed by atoms with Gasteiger partial charge in [-0.05, 0) is 75.2 Å². The number of hydrogen-bond acceptors (Lipinski definition) is 12. The number of primary amides is 2. The molecule has 0 atom stereocenters. The molecule has 2 aromatic carbocycles. The monoisotopic (exact) mass is 948 g/mol. The first-order chi connectivity index (χ1) is 34.0. The third-order valence-electron chi connectivity index (χ3n) is 13.4. The summed E-state index contributed by atoms with van der Waals surface area (Å²) in [5, 5.41) is 12.6. The van der Waals surface area contributed by atoms with Crippen molar-refractivity contribution in [3.05, 3.63) is 95.6 Å². The van der Waals surface area contributed by atoms with Crippen molar-refractivity contribution in [3.8, 4) is 34.3 Å². The van der Waals surface area contributed by atoms with Gasteiger partial charge < -0.3 is 39.5 Å². The summed E-state index contributed by atoms with van der Waals surface area (Å²) in [7, 11) is 3.83. The predicted octanol–water partition coefficient (Wildman–Crippen LogP) is 5.77. The maximum atomic E-state index is 12.9. The van der Waals surface area contributed by atoms with E-state index in [2.05, 4.69) is 53.4 Å². The summed E-state index contributed by atoms with van der Waals surface area (Å²) in [6.45, 7) is 13.9. The first-order valence-electron chi connectivity index (χ1n) is 24.0. The van der Waals surface area contributed by atoms with Crippen molar-refractivity contribution in [3.63, 3.8) is 0 Å². The van der Waals surface area contributed by atoms with Crippen molar-refractivity contribution in [2.75, 3.05) is 78.9 Å². The molecular formula is C52H60N12O6. The van der Waals surface area contributed by atoms with Crippen LogP contribution in [0.5, 0.6) is 11.5 Å². The second kappa shape index (κ2) is 20.1. The number of aryl methyl sites for hydroxylation is 4. The van der Waals surface area contributed by atoms with Gasteiger partial charge in [0.2, 0.25) is 11.8 Å². The molecule has 0 saturated carbocycles. The van der Waals surface area contributed by atoms with E-state index in [1.165, 1.54) is 0 Å². The number of pyridine rings is 2. The number of aromatic nitrogens is 8. The van der Waals surface area contributed by atoms with Gasteiger partial charge in [0.1, 0.15) is 11.5 Å². The van der Waals surface area contributed by atoms with Gasteiger partial charge in [0.25, 0.3) is 0 Å². The summed E-state index contributed by atoms with van der Waals surface area (Å²) in [4.78, 5) is 40.3. The lowest BCUT2D eigenvalue weighted by Crippen LogP contribution is -2.37. The molecule has 0 aliphatic carbocycles.